The van der Waals surface area contributed by atoms with Gasteiger partial charge in [0.15, 0.2) is 0 Å². The third-order valence-electron chi connectivity index (χ3n) is 2.15. The highest BCUT2D eigenvalue weighted by Crippen LogP contribution is 1.98. The number of carbonyl (C=O) groups excluding carboxylic acids is 1. The molecule has 0 spiro atoms. The minimum atomic E-state index is -1.10. The van der Waals surface area contributed by atoms with Crippen LogP contribution >= 0.6 is 0 Å². The molecule has 2 atom stereocenters. The van der Waals surface area contributed by atoms with E-state index < -0.39 is 24.0 Å². The maximum atomic E-state index is 10.7. The maximum Gasteiger partial charge on any atom is 0.327 e. The number of hydrogen-bond donors (Lipinski definition) is 4. The van der Waals surface area contributed by atoms with Gasteiger partial charge in [-0.1, -0.05) is 13.8 Å². The summed E-state index contributed by atoms with van der Waals surface area (Å²) in [6, 6.07) is -0.961. The van der Waals surface area contributed by atoms with E-state index in [-0.39, 0.29) is 12.5 Å². The second-order valence-corrected chi connectivity index (χ2v) is 4.06. The molecule has 0 heterocycles. The van der Waals surface area contributed by atoms with Crippen LogP contribution in [0.3, 0.4) is 0 Å². The van der Waals surface area contributed by atoms with E-state index in [1.54, 1.807) is 0 Å². The summed E-state index contributed by atoms with van der Waals surface area (Å²) < 4.78 is 0. The quantitative estimate of drug-likeness (QED) is 0.460. The molecule has 0 aromatic rings. The zero-order valence-electron chi connectivity index (χ0n) is 9.86. The molecule has 0 radical (unpaired) electrons. The van der Waals surface area contributed by atoms with Gasteiger partial charge < -0.3 is 20.8 Å². The first kappa shape index (κ1) is 14.9. The Bertz CT molecular complexity index is 243. The van der Waals surface area contributed by atoms with Crippen LogP contribution in [0.25, 0.3) is 0 Å². The largest absolute Gasteiger partial charge is 0.480 e. The molecule has 16 heavy (non-hydrogen) atoms. The molecule has 0 saturated heterocycles. The second-order valence-electron chi connectivity index (χ2n) is 4.06. The highest BCUT2D eigenvalue weighted by Gasteiger charge is 2.18. The molecule has 0 aliphatic heterocycles. The zero-order chi connectivity index (χ0) is 12.7. The van der Waals surface area contributed by atoms with Crippen LogP contribution in [0, 0.1) is 5.92 Å². The predicted octanol–water partition coefficient (Wildman–Crippen LogP) is -0.818. The van der Waals surface area contributed by atoms with Crippen LogP contribution in [-0.2, 0) is 9.59 Å². The fourth-order valence-corrected chi connectivity index (χ4v) is 1.06. The Morgan fingerprint density at radius 1 is 1.25 bits per heavy atom. The lowest BCUT2D eigenvalue weighted by Gasteiger charge is -2.18. The summed E-state index contributed by atoms with van der Waals surface area (Å²) in [5, 5.41) is 23.3. The van der Waals surface area contributed by atoms with Gasteiger partial charge in [0.2, 0.25) is 5.91 Å². The van der Waals surface area contributed by atoms with Crippen LogP contribution in [0.1, 0.15) is 20.8 Å². The van der Waals surface area contributed by atoms with Gasteiger partial charge in [-0.25, -0.2) is 4.79 Å². The minimum Gasteiger partial charge on any atom is -0.480 e. The van der Waals surface area contributed by atoms with Crippen LogP contribution in [0.15, 0.2) is 0 Å². The molecule has 0 saturated carbocycles. The summed E-state index contributed by atoms with van der Waals surface area (Å²) in [7, 11) is 0. The Morgan fingerprint density at radius 2 is 1.81 bits per heavy atom. The number of aliphatic hydroxyl groups is 1. The smallest absolute Gasteiger partial charge is 0.327 e. The number of aliphatic hydroxyl groups excluding tert-OH is 1. The summed E-state index contributed by atoms with van der Waals surface area (Å²) in [6.07, 6.45) is -0.522. The standard InChI is InChI=1S/C10H20N2O4/c1-6(2)9(14)5-11-4-8(10(15)16)12-7(3)13/h6,8-9,11,14H,4-5H2,1-3H3,(H,12,13)(H,15,16). The molecule has 1 amide bonds. The van der Waals surface area contributed by atoms with Gasteiger partial charge in [0.25, 0.3) is 0 Å². The van der Waals surface area contributed by atoms with Gasteiger partial charge >= 0.3 is 5.97 Å². The van der Waals surface area contributed by atoms with Crippen molar-refractivity contribution in [3.05, 3.63) is 0 Å². The monoisotopic (exact) mass is 232 g/mol. The molecule has 0 aromatic heterocycles. The summed E-state index contributed by atoms with van der Waals surface area (Å²) in [5.41, 5.74) is 0. The highest BCUT2D eigenvalue weighted by molar-refractivity contribution is 5.82. The molecule has 6 nitrogen and oxygen atoms in total. The molecule has 94 valence electrons. The van der Waals surface area contributed by atoms with Crippen molar-refractivity contribution in [3.63, 3.8) is 0 Å². The summed E-state index contributed by atoms with van der Waals surface area (Å²) in [4.78, 5) is 21.4. The van der Waals surface area contributed by atoms with Gasteiger partial charge in [-0.3, -0.25) is 4.79 Å². The first-order valence-electron chi connectivity index (χ1n) is 5.23. The van der Waals surface area contributed by atoms with Crippen LogP contribution < -0.4 is 10.6 Å². The molecule has 4 N–H and O–H groups in total. The number of hydrogen-bond acceptors (Lipinski definition) is 4. The SMILES string of the molecule is CC(=O)NC(CNCC(O)C(C)C)C(=O)O. The summed E-state index contributed by atoms with van der Waals surface area (Å²) in [5.74, 6) is -1.38. The number of carboxylic acids is 1. The van der Waals surface area contributed by atoms with E-state index in [9.17, 15) is 14.7 Å². The maximum absolute atomic E-state index is 10.7. The number of carbonyl (C=O) groups is 2. The van der Waals surface area contributed by atoms with Crippen molar-refractivity contribution in [2.24, 2.45) is 5.92 Å². The van der Waals surface area contributed by atoms with Crippen LogP contribution in [0.5, 0.6) is 0 Å². The van der Waals surface area contributed by atoms with Gasteiger partial charge in [-0.05, 0) is 5.92 Å². The van der Waals surface area contributed by atoms with Crippen molar-refractivity contribution < 1.29 is 19.8 Å². The molecule has 2 unspecified atom stereocenters. The molecule has 0 fully saturated rings. The Morgan fingerprint density at radius 3 is 2.19 bits per heavy atom. The van der Waals surface area contributed by atoms with E-state index >= 15 is 0 Å². The number of rotatable bonds is 7. The normalized spacial score (nSPS) is 14.6. The first-order valence-corrected chi connectivity index (χ1v) is 5.23. The van der Waals surface area contributed by atoms with E-state index in [4.69, 9.17) is 5.11 Å². The molecule has 0 rings (SSSR count). The Balaban J connectivity index is 3.94. The number of aliphatic carboxylic acids is 1. The van der Waals surface area contributed by atoms with E-state index in [1.807, 2.05) is 13.8 Å². The Kier molecular flexibility index (Phi) is 6.67. The van der Waals surface area contributed by atoms with Crippen molar-refractivity contribution in [2.45, 2.75) is 32.9 Å². The molecule has 0 aromatic carbocycles. The van der Waals surface area contributed by atoms with Crippen LogP contribution in [-0.4, -0.2) is 47.3 Å². The average Bonchev–Trinajstić information content (AvgIpc) is 2.14. The zero-order valence-corrected chi connectivity index (χ0v) is 9.86. The Labute approximate surface area is 95.0 Å². The fraction of sp³-hybridized carbons (Fsp3) is 0.800. The Hall–Kier alpha value is -1.14. The van der Waals surface area contributed by atoms with Crippen molar-refractivity contribution in [3.8, 4) is 0 Å². The lowest BCUT2D eigenvalue weighted by Crippen LogP contribution is -2.48. The number of amides is 1. The highest BCUT2D eigenvalue weighted by atomic mass is 16.4. The summed E-state index contributed by atoms with van der Waals surface area (Å²) in [6.45, 7) is 5.41. The van der Waals surface area contributed by atoms with Crippen molar-refractivity contribution in [2.75, 3.05) is 13.1 Å². The average molecular weight is 232 g/mol. The fourth-order valence-electron chi connectivity index (χ4n) is 1.06. The molecule has 0 aliphatic rings. The predicted molar refractivity (Wildman–Crippen MR) is 59.0 cm³/mol. The van der Waals surface area contributed by atoms with E-state index in [0.717, 1.165) is 0 Å². The number of nitrogens with one attached hydrogen (secondary N) is 2. The molecular formula is C10H20N2O4. The van der Waals surface area contributed by atoms with Crippen molar-refractivity contribution in [1.29, 1.82) is 0 Å². The molecule has 0 aliphatic carbocycles. The van der Waals surface area contributed by atoms with Gasteiger partial charge in [0.05, 0.1) is 6.10 Å². The van der Waals surface area contributed by atoms with E-state index in [1.165, 1.54) is 6.92 Å². The third kappa shape index (κ3) is 6.36. The lowest BCUT2D eigenvalue weighted by molar-refractivity contribution is -0.141. The third-order valence-corrected chi connectivity index (χ3v) is 2.15. The van der Waals surface area contributed by atoms with E-state index in [2.05, 4.69) is 10.6 Å². The van der Waals surface area contributed by atoms with Crippen molar-refractivity contribution in [1.82, 2.24) is 10.6 Å². The van der Waals surface area contributed by atoms with Gasteiger partial charge in [0.1, 0.15) is 6.04 Å². The lowest BCUT2D eigenvalue weighted by atomic mass is 10.1. The van der Waals surface area contributed by atoms with Gasteiger partial charge in [0, 0.05) is 20.0 Å². The minimum absolute atomic E-state index is 0.0959. The van der Waals surface area contributed by atoms with Gasteiger partial charge in [-0.15, -0.1) is 0 Å². The van der Waals surface area contributed by atoms with Crippen LogP contribution in [0.4, 0.5) is 0 Å². The molecular weight excluding hydrogens is 212 g/mol. The second kappa shape index (κ2) is 7.19. The topological polar surface area (TPSA) is 98.7 Å². The van der Waals surface area contributed by atoms with Crippen molar-refractivity contribution >= 4 is 11.9 Å². The van der Waals surface area contributed by atoms with Crippen LogP contribution in [0.2, 0.25) is 0 Å². The first-order chi connectivity index (χ1) is 7.34. The molecule has 0 bridgehead atoms. The molecule has 6 heteroatoms. The summed E-state index contributed by atoms with van der Waals surface area (Å²) >= 11 is 0. The number of carboxylic acid groups (broad SMARTS) is 1. The van der Waals surface area contributed by atoms with E-state index in [0.29, 0.717) is 6.54 Å². The van der Waals surface area contributed by atoms with Gasteiger partial charge in [-0.2, -0.15) is 0 Å².